The molecule has 33 heavy (non-hydrogen) atoms. The third-order valence-corrected chi connectivity index (χ3v) is 7.02. The predicted molar refractivity (Wildman–Crippen MR) is 131 cm³/mol. The van der Waals surface area contributed by atoms with Crippen LogP contribution in [0, 0.1) is 6.92 Å². The van der Waals surface area contributed by atoms with E-state index in [2.05, 4.69) is 5.32 Å². The van der Waals surface area contributed by atoms with Crippen molar-refractivity contribution in [3.63, 3.8) is 0 Å². The second-order valence-electron chi connectivity index (χ2n) is 7.85. The van der Waals surface area contributed by atoms with Crippen LogP contribution in [0.3, 0.4) is 0 Å². The largest absolute Gasteiger partial charge is 0.491 e. The number of carbonyl (C=O) groups is 1. The highest BCUT2D eigenvalue weighted by molar-refractivity contribution is 7.92. The molecule has 1 atom stereocenters. The molecule has 3 aromatic rings. The molecule has 0 aromatic heterocycles. The van der Waals surface area contributed by atoms with Gasteiger partial charge in [-0.05, 0) is 55.7 Å². The Kier molecular flexibility index (Phi) is 8.11. The second kappa shape index (κ2) is 11.0. The Morgan fingerprint density at radius 2 is 1.61 bits per heavy atom. The molecule has 0 saturated heterocycles. The van der Waals surface area contributed by atoms with E-state index in [0.29, 0.717) is 12.1 Å². The number of amides is 1. The number of benzene rings is 3. The van der Waals surface area contributed by atoms with Crippen LogP contribution in [0.2, 0.25) is 0 Å². The van der Waals surface area contributed by atoms with Gasteiger partial charge in [0, 0.05) is 0 Å². The zero-order valence-corrected chi connectivity index (χ0v) is 20.0. The summed E-state index contributed by atoms with van der Waals surface area (Å²) >= 11 is 0. The van der Waals surface area contributed by atoms with Gasteiger partial charge in [-0.3, -0.25) is 9.10 Å². The molecule has 1 unspecified atom stereocenters. The van der Waals surface area contributed by atoms with E-state index >= 15 is 0 Å². The Labute approximate surface area is 196 Å². The van der Waals surface area contributed by atoms with Gasteiger partial charge in [0.05, 0.1) is 16.6 Å². The van der Waals surface area contributed by atoms with Crippen LogP contribution in [0.4, 0.5) is 5.69 Å². The minimum absolute atomic E-state index is 0.139. The number of carbonyl (C=O) groups excluding carboxylic acids is 1. The molecule has 0 spiro atoms. The van der Waals surface area contributed by atoms with E-state index in [1.165, 1.54) is 16.4 Å². The molecule has 6 nitrogen and oxygen atoms in total. The summed E-state index contributed by atoms with van der Waals surface area (Å²) in [5.41, 5.74) is 2.36. The van der Waals surface area contributed by atoms with Gasteiger partial charge >= 0.3 is 0 Å². The van der Waals surface area contributed by atoms with Gasteiger partial charge in [-0.15, -0.1) is 0 Å². The molecule has 0 aliphatic heterocycles. The average molecular weight is 467 g/mol. The minimum Gasteiger partial charge on any atom is -0.491 e. The quantitative estimate of drug-likeness (QED) is 0.482. The van der Waals surface area contributed by atoms with Gasteiger partial charge in [0.15, 0.2) is 0 Å². The van der Waals surface area contributed by atoms with Crippen molar-refractivity contribution < 1.29 is 17.9 Å². The number of nitrogens with zero attached hydrogens (tertiary/aromatic N) is 1. The number of hydrogen-bond acceptors (Lipinski definition) is 4. The molecule has 1 amide bonds. The van der Waals surface area contributed by atoms with Gasteiger partial charge in [-0.25, -0.2) is 8.42 Å². The van der Waals surface area contributed by atoms with Crippen LogP contribution in [0.15, 0.2) is 83.8 Å². The van der Waals surface area contributed by atoms with Gasteiger partial charge in [0.25, 0.3) is 10.0 Å². The number of para-hydroxylation sites is 2. The highest BCUT2D eigenvalue weighted by Crippen LogP contribution is 2.27. The van der Waals surface area contributed by atoms with Crippen LogP contribution < -0.4 is 14.4 Å². The number of hydrogen-bond donors (Lipinski definition) is 1. The molecular weight excluding hydrogens is 436 g/mol. The van der Waals surface area contributed by atoms with E-state index in [9.17, 15) is 13.2 Å². The van der Waals surface area contributed by atoms with Crippen LogP contribution in [0.1, 0.15) is 25.0 Å². The lowest BCUT2D eigenvalue weighted by atomic mass is 10.1. The summed E-state index contributed by atoms with van der Waals surface area (Å²) < 4.78 is 34.0. The van der Waals surface area contributed by atoms with Crippen LogP contribution >= 0.6 is 0 Å². The fraction of sp³-hybridized carbons (Fsp3) is 0.269. The Bertz CT molecular complexity index is 1180. The molecular formula is C26H30N2O4S. The van der Waals surface area contributed by atoms with E-state index in [-0.39, 0.29) is 24.1 Å². The van der Waals surface area contributed by atoms with Gasteiger partial charge in [0.2, 0.25) is 5.91 Å². The molecule has 1 N–H and O–H groups in total. The van der Waals surface area contributed by atoms with Crippen molar-refractivity contribution in [2.75, 3.05) is 17.5 Å². The normalized spacial score (nSPS) is 12.1. The number of ether oxygens (including phenoxy) is 1. The summed E-state index contributed by atoms with van der Waals surface area (Å²) in [6.07, 6.45) is 0.638. The van der Waals surface area contributed by atoms with Crippen LogP contribution in [-0.4, -0.2) is 33.5 Å². The molecule has 0 heterocycles. The van der Waals surface area contributed by atoms with Gasteiger partial charge < -0.3 is 10.1 Å². The highest BCUT2D eigenvalue weighted by atomic mass is 32.2. The molecule has 7 heteroatoms. The Morgan fingerprint density at radius 3 is 2.30 bits per heavy atom. The van der Waals surface area contributed by atoms with Crippen LogP contribution in [0.5, 0.6) is 5.75 Å². The number of sulfonamides is 1. The van der Waals surface area contributed by atoms with Crippen LogP contribution in [0.25, 0.3) is 0 Å². The summed E-state index contributed by atoms with van der Waals surface area (Å²) in [6, 6.07) is 22.8. The first-order valence-corrected chi connectivity index (χ1v) is 12.4. The summed E-state index contributed by atoms with van der Waals surface area (Å²) in [7, 11) is -3.94. The third kappa shape index (κ3) is 6.14. The summed E-state index contributed by atoms with van der Waals surface area (Å²) in [6.45, 7) is 5.68. The number of anilines is 1. The Hall–Kier alpha value is -3.32. The van der Waals surface area contributed by atoms with Crippen molar-refractivity contribution in [2.24, 2.45) is 0 Å². The Morgan fingerprint density at radius 1 is 0.970 bits per heavy atom. The lowest BCUT2D eigenvalue weighted by molar-refractivity contribution is -0.120. The first-order valence-electron chi connectivity index (χ1n) is 11.0. The number of aryl methyl sites for hydroxylation is 2. The lowest BCUT2D eigenvalue weighted by Crippen LogP contribution is -2.45. The van der Waals surface area contributed by atoms with Crippen molar-refractivity contribution in [3.8, 4) is 5.75 Å². The van der Waals surface area contributed by atoms with Crippen molar-refractivity contribution in [2.45, 2.75) is 38.1 Å². The molecule has 0 fully saturated rings. The molecule has 174 valence electrons. The molecule has 0 aliphatic rings. The fourth-order valence-corrected chi connectivity index (χ4v) is 4.98. The van der Waals surface area contributed by atoms with Crippen LogP contribution in [-0.2, 0) is 21.2 Å². The van der Waals surface area contributed by atoms with E-state index in [1.807, 2.05) is 57.2 Å². The monoisotopic (exact) mass is 466 g/mol. The Balaban J connectivity index is 1.78. The summed E-state index contributed by atoms with van der Waals surface area (Å²) in [5.74, 6) is 0.352. The zero-order chi connectivity index (χ0) is 23.8. The molecule has 0 saturated carbocycles. The minimum atomic E-state index is -3.94. The van der Waals surface area contributed by atoms with Crippen molar-refractivity contribution in [1.29, 1.82) is 0 Å². The van der Waals surface area contributed by atoms with Gasteiger partial charge in [-0.1, -0.05) is 61.5 Å². The highest BCUT2D eigenvalue weighted by Gasteiger charge is 2.28. The standard InChI is InChI=1S/C26H30N2O4S/c1-4-22-13-9-10-16-24(22)28(33(30,31)23-14-6-5-7-15-23)18-26(29)27-21(3)19-32-25-17-11-8-12-20(25)2/h5-17,21H,4,18-19H2,1-3H3,(H,27,29). The maximum atomic E-state index is 13.5. The summed E-state index contributed by atoms with van der Waals surface area (Å²) in [5, 5.41) is 2.86. The predicted octanol–water partition coefficient (Wildman–Crippen LogP) is 4.34. The SMILES string of the molecule is CCc1ccccc1N(CC(=O)NC(C)COc1ccccc1C)S(=O)(=O)c1ccccc1. The maximum absolute atomic E-state index is 13.5. The van der Waals surface area contributed by atoms with E-state index in [1.54, 1.807) is 30.3 Å². The van der Waals surface area contributed by atoms with Crippen molar-refractivity contribution >= 4 is 21.6 Å². The zero-order valence-electron chi connectivity index (χ0n) is 19.2. The first kappa shape index (κ1) is 24.3. The van der Waals surface area contributed by atoms with E-state index in [4.69, 9.17) is 4.74 Å². The summed E-state index contributed by atoms with van der Waals surface area (Å²) in [4.78, 5) is 13.1. The maximum Gasteiger partial charge on any atom is 0.264 e. The number of rotatable bonds is 10. The van der Waals surface area contributed by atoms with E-state index in [0.717, 1.165) is 16.9 Å². The van der Waals surface area contributed by atoms with Crippen molar-refractivity contribution in [3.05, 3.63) is 90.0 Å². The molecule has 3 aromatic carbocycles. The molecule has 3 rings (SSSR count). The smallest absolute Gasteiger partial charge is 0.264 e. The van der Waals surface area contributed by atoms with Gasteiger partial charge in [0.1, 0.15) is 18.9 Å². The fourth-order valence-electron chi connectivity index (χ4n) is 3.50. The van der Waals surface area contributed by atoms with E-state index < -0.39 is 15.9 Å². The lowest BCUT2D eigenvalue weighted by Gasteiger charge is -2.27. The molecule has 0 aliphatic carbocycles. The molecule has 0 radical (unpaired) electrons. The second-order valence-corrected chi connectivity index (χ2v) is 9.71. The third-order valence-electron chi connectivity index (χ3n) is 5.25. The average Bonchev–Trinajstić information content (AvgIpc) is 2.82. The topological polar surface area (TPSA) is 75.7 Å². The van der Waals surface area contributed by atoms with Crippen molar-refractivity contribution in [1.82, 2.24) is 5.32 Å². The molecule has 0 bridgehead atoms. The van der Waals surface area contributed by atoms with Gasteiger partial charge in [-0.2, -0.15) is 0 Å². The first-order chi connectivity index (χ1) is 15.8. The number of nitrogens with one attached hydrogen (secondary N) is 1.